The molecule has 0 atom stereocenters. The minimum atomic E-state index is -0.317. The van der Waals surface area contributed by atoms with Crippen LogP contribution in [0.15, 0.2) is 18.5 Å². The Morgan fingerprint density at radius 1 is 1.60 bits per heavy atom. The van der Waals surface area contributed by atoms with E-state index in [-0.39, 0.29) is 5.97 Å². The number of imidazole rings is 1. The minimum Gasteiger partial charge on any atom is -0.462 e. The third-order valence-corrected chi connectivity index (χ3v) is 2.90. The first-order valence-corrected chi connectivity index (χ1v) is 5.60. The third-order valence-electron chi connectivity index (χ3n) is 2.03. The molecule has 2 rings (SSSR count). The molecular formula is C10H9IN2O2. The molecule has 1 heterocycles. The third kappa shape index (κ3) is 1.83. The lowest BCUT2D eigenvalue weighted by atomic mass is 10.2. The van der Waals surface area contributed by atoms with Gasteiger partial charge in [-0.05, 0) is 41.6 Å². The summed E-state index contributed by atoms with van der Waals surface area (Å²) in [7, 11) is 0. The van der Waals surface area contributed by atoms with Gasteiger partial charge in [0.05, 0.1) is 24.0 Å². The zero-order valence-corrected chi connectivity index (χ0v) is 10.2. The lowest BCUT2D eigenvalue weighted by molar-refractivity contribution is 0.0528. The fourth-order valence-corrected chi connectivity index (χ4v) is 1.97. The number of aromatic amines is 1. The van der Waals surface area contributed by atoms with Crippen LogP contribution in [0.2, 0.25) is 0 Å². The Morgan fingerprint density at radius 3 is 3.13 bits per heavy atom. The fraction of sp³-hybridized carbons (Fsp3) is 0.200. The summed E-state index contributed by atoms with van der Waals surface area (Å²) in [5.41, 5.74) is 2.08. The van der Waals surface area contributed by atoms with Gasteiger partial charge in [-0.3, -0.25) is 0 Å². The Bertz CT molecular complexity index is 507. The van der Waals surface area contributed by atoms with Crippen molar-refractivity contribution in [2.75, 3.05) is 6.61 Å². The maximum atomic E-state index is 11.6. The van der Waals surface area contributed by atoms with Crippen LogP contribution >= 0.6 is 22.6 Å². The molecular weight excluding hydrogens is 307 g/mol. The van der Waals surface area contributed by atoms with Crippen LogP contribution in [-0.4, -0.2) is 22.5 Å². The van der Waals surface area contributed by atoms with E-state index in [9.17, 15) is 4.79 Å². The van der Waals surface area contributed by atoms with Gasteiger partial charge < -0.3 is 9.72 Å². The predicted molar refractivity (Wildman–Crippen MR) is 64.8 cm³/mol. The van der Waals surface area contributed by atoms with E-state index < -0.39 is 0 Å². The van der Waals surface area contributed by atoms with E-state index >= 15 is 0 Å². The molecule has 0 aliphatic heterocycles. The molecule has 1 aromatic carbocycles. The number of nitrogens with zero attached hydrogens (tertiary/aromatic N) is 1. The summed E-state index contributed by atoms with van der Waals surface area (Å²) in [5.74, 6) is -0.317. The molecule has 0 bridgehead atoms. The lowest BCUT2D eigenvalue weighted by Crippen LogP contribution is -2.05. The van der Waals surface area contributed by atoms with Crippen LogP contribution in [0.4, 0.5) is 0 Å². The molecule has 5 heteroatoms. The number of ether oxygens (including phenoxy) is 1. The van der Waals surface area contributed by atoms with E-state index in [1.807, 2.05) is 6.07 Å². The molecule has 1 N–H and O–H groups in total. The number of esters is 1. The number of H-pyrrole nitrogens is 1. The van der Waals surface area contributed by atoms with Crippen molar-refractivity contribution in [3.05, 3.63) is 27.6 Å². The van der Waals surface area contributed by atoms with Gasteiger partial charge in [0.15, 0.2) is 0 Å². The molecule has 0 aliphatic rings. The number of rotatable bonds is 2. The van der Waals surface area contributed by atoms with Gasteiger partial charge >= 0.3 is 5.97 Å². The molecule has 0 spiro atoms. The second kappa shape index (κ2) is 4.18. The molecule has 0 unspecified atom stereocenters. The van der Waals surface area contributed by atoms with Gasteiger partial charge in [-0.1, -0.05) is 0 Å². The van der Waals surface area contributed by atoms with Gasteiger partial charge in [0, 0.05) is 3.57 Å². The molecule has 4 nitrogen and oxygen atoms in total. The minimum absolute atomic E-state index is 0.317. The second-order valence-corrected chi connectivity index (χ2v) is 4.10. The summed E-state index contributed by atoms with van der Waals surface area (Å²) in [5, 5.41) is 0. The molecule has 0 fully saturated rings. The van der Waals surface area contributed by atoms with Crippen molar-refractivity contribution < 1.29 is 9.53 Å². The highest BCUT2D eigenvalue weighted by molar-refractivity contribution is 14.1. The van der Waals surface area contributed by atoms with E-state index in [4.69, 9.17) is 4.74 Å². The number of carbonyl (C=O) groups excluding carboxylic acids is 1. The topological polar surface area (TPSA) is 55.0 Å². The largest absolute Gasteiger partial charge is 0.462 e. The van der Waals surface area contributed by atoms with E-state index in [1.54, 1.807) is 19.3 Å². The molecule has 15 heavy (non-hydrogen) atoms. The summed E-state index contributed by atoms with van der Waals surface area (Å²) in [6.07, 6.45) is 1.58. The van der Waals surface area contributed by atoms with Gasteiger partial charge in [-0.25, -0.2) is 9.78 Å². The first-order chi connectivity index (χ1) is 7.24. The highest BCUT2D eigenvalue weighted by atomic mass is 127. The summed E-state index contributed by atoms with van der Waals surface area (Å²) in [4.78, 5) is 18.7. The summed E-state index contributed by atoms with van der Waals surface area (Å²) in [6, 6.07) is 3.61. The smallest absolute Gasteiger partial charge is 0.340 e. The number of fused-ring (bicyclic) bond motifs is 1. The Balaban J connectivity index is 2.57. The van der Waals surface area contributed by atoms with Gasteiger partial charge in [0.1, 0.15) is 5.52 Å². The number of nitrogens with one attached hydrogen (secondary N) is 1. The Morgan fingerprint density at radius 2 is 2.40 bits per heavy atom. The first kappa shape index (κ1) is 10.4. The Kier molecular flexibility index (Phi) is 2.90. The van der Waals surface area contributed by atoms with E-state index in [0.717, 1.165) is 14.6 Å². The van der Waals surface area contributed by atoms with Crippen LogP contribution in [0.3, 0.4) is 0 Å². The molecule has 0 amide bonds. The summed E-state index contributed by atoms with van der Waals surface area (Å²) >= 11 is 2.18. The molecule has 0 saturated carbocycles. The molecule has 78 valence electrons. The van der Waals surface area contributed by atoms with Crippen LogP contribution < -0.4 is 0 Å². The van der Waals surface area contributed by atoms with Crippen LogP contribution in [0.1, 0.15) is 17.3 Å². The summed E-state index contributed by atoms with van der Waals surface area (Å²) < 4.78 is 5.97. The quantitative estimate of drug-likeness (QED) is 0.683. The highest BCUT2D eigenvalue weighted by Gasteiger charge is 2.13. The van der Waals surface area contributed by atoms with E-state index in [2.05, 4.69) is 32.6 Å². The van der Waals surface area contributed by atoms with E-state index in [0.29, 0.717) is 12.2 Å². The second-order valence-electron chi connectivity index (χ2n) is 2.94. The fourth-order valence-electron chi connectivity index (χ4n) is 1.38. The number of carbonyl (C=O) groups is 1. The average molecular weight is 316 g/mol. The van der Waals surface area contributed by atoms with Crippen molar-refractivity contribution in [1.29, 1.82) is 0 Å². The maximum absolute atomic E-state index is 11.6. The molecule has 2 aromatic rings. The first-order valence-electron chi connectivity index (χ1n) is 4.52. The van der Waals surface area contributed by atoms with Gasteiger partial charge in [0.25, 0.3) is 0 Å². The maximum Gasteiger partial charge on any atom is 0.340 e. The zero-order valence-electron chi connectivity index (χ0n) is 8.08. The van der Waals surface area contributed by atoms with Crippen LogP contribution in [-0.2, 0) is 4.74 Å². The molecule has 0 saturated heterocycles. The van der Waals surface area contributed by atoms with Crippen molar-refractivity contribution >= 4 is 39.6 Å². The van der Waals surface area contributed by atoms with Gasteiger partial charge in [0.2, 0.25) is 0 Å². The molecule has 0 radical (unpaired) electrons. The number of benzene rings is 1. The highest BCUT2D eigenvalue weighted by Crippen LogP contribution is 2.21. The molecule has 1 aromatic heterocycles. The Labute approximate surface area is 100 Å². The predicted octanol–water partition coefficient (Wildman–Crippen LogP) is 2.34. The van der Waals surface area contributed by atoms with E-state index in [1.165, 1.54) is 0 Å². The normalized spacial score (nSPS) is 10.5. The Hall–Kier alpha value is -1.11. The SMILES string of the molecule is CCOC(=O)c1ccc(I)c2nc[nH]c12. The van der Waals surface area contributed by atoms with Crippen molar-refractivity contribution in [2.24, 2.45) is 0 Å². The van der Waals surface area contributed by atoms with Gasteiger partial charge in [-0.2, -0.15) is 0 Å². The monoisotopic (exact) mass is 316 g/mol. The van der Waals surface area contributed by atoms with Crippen molar-refractivity contribution in [2.45, 2.75) is 6.92 Å². The van der Waals surface area contributed by atoms with Crippen molar-refractivity contribution in [1.82, 2.24) is 9.97 Å². The van der Waals surface area contributed by atoms with Crippen molar-refractivity contribution in [3.63, 3.8) is 0 Å². The summed E-state index contributed by atoms with van der Waals surface area (Å²) in [6.45, 7) is 2.16. The zero-order chi connectivity index (χ0) is 10.8. The number of aromatic nitrogens is 2. The molecule has 0 aliphatic carbocycles. The number of halogens is 1. The standard InChI is InChI=1S/C10H9IN2O2/c1-2-15-10(14)6-3-4-7(11)9-8(6)12-5-13-9/h3-5H,2H2,1H3,(H,12,13). The number of hydrogen-bond acceptors (Lipinski definition) is 3. The van der Waals surface area contributed by atoms with Crippen LogP contribution in [0.25, 0.3) is 11.0 Å². The lowest BCUT2D eigenvalue weighted by Gasteiger charge is -2.03. The van der Waals surface area contributed by atoms with Crippen LogP contribution in [0.5, 0.6) is 0 Å². The van der Waals surface area contributed by atoms with Gasteiger partial charge in [-0.15, -0.1) is 0 Å². The van der Waals surface area contributed by atoms with Crippen LogP contribution in [0, 0.1) is 3.57 Å². The number of hydrogen-bond donors (Lipinski definition) is 1. The average Bonchev–Trinajstić information content (AvgIpc) is 2.68. The van der Waals surface area contributed by atoms with Crippen molar-refractivity contribution in [3.8, 4) is 0 Å².